The highest BCUT2D eigenvalue weighted by atomic mass is 32.1. The van der Waals surface area contributed by atoms with Gasteiger partial charge in [-0.15, -0.1) is 11.3 Å². The van der Waals surface area contributed by atoms with Crippen molar-refractivity contribution in [2.45, 2.75) is 6.92 Å². The standard InChI is InChI=1S/C17H14N4O3S2/c1-8-9-5-14(25-16(9)21(2)20-8)15(22)19-17-18-10-6-11-12(7-13(10)26-17)24-4-3-23-11/h5-7H,3-4H2,1-2H3,(H,18,19,22). The number of carbonyl (C=O) groups excluding carboxylic acids is 1. The molecule has 0 unspecified atom stereocenters. The lowest BCUT2D eigenvalue weighted by atomic mass is 10.3. The second-order valence-corrected chi connectivity index (χ2v) is 8.04. The van der Waals surface area contributed by atoms with E-state index in [9.17, 15) is 4.79 Å². The number of rotatable bonds is 2. The minimum Gasteiger partial charge on any atom is -0.486 e. The van der Waals surface area contributed by atoms with E-state index in [4.69, 9.17) is 9.47 Å². The van der Waals surface area contributed by atoms with Crippen LogP contribution in [0.25, 0.3) is 20.4 Å². The lowest BCUT2D eigenvalue weighted by Crippen LogP contribution is -2.15. The average molecular weight is 386 g/mol. The number of nitrogens with one attached hydrogen (secondary N) is 1. The Balaban J connectivity index is 1.45. The van der Waals surface area contributed by atoms with Gasteiger partial charge in [-0.1, -0.05) is 11.3 Å². The summed E-state index contributed by atoms with van der Waals surface area (Å²) in [6.45, 7) is 3.02. The highest BCUT2D eigenvalue weighted by molar-refractivity contribution is 7.23. The molecule has 132 valence electrons. The summed E-state index contributed by atoms with van der Waals surface area (Å²) in [6.07, 6.45) is 0. The third-order valence-electron chi connectivity index (χ3n) is 4.19. The maximum Gasteiger partial charge on any atom is 0.267 e. The number of aryl methyl sites for hydroxylation is 2. The van der Waals surface area contributed by atoms with Gasteiger partial charge >= 0.3 is 0 Å². The molecule has 1 N–H and O–H groups in total. The molecule has 1 aliphatic heterocycles. The van der Waals surface area contributed by atoms with E-state index in [1.165, 1.54) is 22.7 Å². The lowest BCUT2D eigenvalue weighted by molar-refractivity contribution is 0.103. The maximum atomic E-state index is 12.6. The molecule has 1 aromatic carbocycles. The number of hydrogen-bond acceptors (Lipinski definition) is 7. The van der Waals surface area contributed by atoms with Gasteiger partial charge in [0.05, 0.1) is 20.8 Å². The Hall–Kier alpha value is -2.65. The molecule has 0 bridgehead atoms. The van der Waals surface area contributed by atoms with Crippen molar-refractivity contribution < 1.29 is 14.3 Å². The maximum absolute atomic E-state index is 12.6. The van der Waals surface area contributed by atoms with Crippen molar-refractivity contribution in [2.75, 3.05) is 18.5 Å². The van der Waals surface area contributed by atoms with Crippen LogP contribution in [0.4, 0.5) is 5.13 Å². The molecule has 4 heterocycles. The van der Waals surface area contributed by atoms with Crippen LogP contribution >= 0.6 is 22.7 Å². The van der Waals surface area contributed by atoms with E-state index in [0.29, 0.717) is 29.0 Å². The Bertz CT molecular complexity index is 1100. The minimum atomic E-state index is -0.165. The number of thiazole rings is 1. The van der Waals surface area contributed by atoms with Crippen molar-refractivity contribution in [3.05, 3.63) is 28.8 Å². The third-order valence-corrected chi connectivity index (χ3v) is 6.33. The van der Waals surface area contributed by atoms with E-state index < -0.39 is 0 Å². The molecule has 26 heavy (non-hydrogen) atoms. The van der Waals surface area contributed by atoms with Crippen LogP contribution in [-0.4, -0.2) is 33.9 Å². The molecule has 0 atom stereocenters. The quantitative estimate of drug-likeness (QED) is 0.570. The van der Waals surface area contributed by atoms with Crippen LogP contribution in [0.2, 0.25) is 0 Å². The van der Waals surface area contributed by atoms with Gasteiger partial charge in [-0.05, 0) is 13.0 Å². The number of aromatic nitrogens is 3. The molecule has 3 aromatic heterocycles. The molecule has 0 spiro atoms. The van der Waals surface area contributed by atoms with E-state index in [0.717, 1.165) is 31.9 Å². The Morgan fingerprint density at radius 2 is 1.96 bits per heavy atom. The van der Waals surface area contributed by atoms with Crippen molar-refractivity contribution in [1.82, 2.24) is 14.8 Å². The van der Waals surface area contributed by atoms with E-state index in [1.54, 1.807) is 4.68 Å². The van der Waals surface area contributed by atoms with E-state index in [-0.39, 0.29) is 5.91 Å². The SMILES string of the molecule is Cc1nn(C)c2sc(C(=O)Nc3nc4cc5c(cc4s3)OCCO5)cc12. The van der Waals surface area contributed by atoms with Crippen LogP contribution in [0.5, 0.6) is 11.5 Å². The molecular formula is C17H14N4O3S2. The number of hydrogen-bond donors (Lipinski definition) is 1. The molecule has 9 heteroatoms. The molecule has 0 fully saturated rings. The van der Waals surface area contributed by atoms with Gasteiger partial charge in [-0.25, -0.2) is 4.98 Å². The Labute approximate surface area is 156 Å². The van der Waals surface area contributed by atoms with E-state index in [1.807, 2.05) is 32.2 Å². The smallest absolute Gasteiger partial charge is 0.267 e. The third kappa shape index (κ3) is 2.43. The molecule has 7 nitrogen and oxygen atoms in total. The number of thiophene rings is 1. The summed E-state index contributed by atoms with van der Waals surface area (Å²) < 4.78 is 13.9. The number of nitrogens with zero attached hydrogens (tertiary/aromatic N) is 3. The number of anilines is 1. The Kier molecular flexibility index (Phi) is 3.41. The second-order valence-electron chi connectivity index (χ2n) is 5.98. The largest absolute Gasteiger partial charge is 0.486 e. The topological polar surface area (TPSA) is 78.3 Å². The van der Waals surface area contributed by atoms with Crippen LogP contribution in [-0.2, 0) is 7.05 Å². The van der Waals surface area contributed by atoms with Crippen molar-refractivity contribution in [3.63, 3.8) is 0 Å². The second kappa shape index (κ2) is 5.68. The highest BCUT2D eigenvalue weighted by Crippen LogP contribution is 2.38. The van der Waals surface area contributed by atoms with Crippen molar-refractivity contribution in [1.29, 1.82) is 0 Å². The summed E-state index contributed by atoms with van der Waals surface area (Å²) in [7, 11) is 1.88. The number of carbonyl (C=O) groups is 1. The van der Waals surface area contributed by atoms with Gasteiger partial charge in [0.1, 0.15) is 18.0 Å². The van der Waals surface area contributed by atoms with Crippen LogP contribution in [0.3, 0.4) is 0 Å². The molecule has 0 aliphatic carbocycles. The molecule has 0 radical (unpaired) electrons. The summed E-state index contributed by atoms with van der Waals surface area (Å²) in [4.78, 5) is 18.8. The zero-order valence-corrected chi connectivity index (χ0v) is 15.7. The van der Waals surface area contributed by atoms with E-state index in [2.05, 4.69) is 15.4 Å². The van der Waals surface area contributed by atoms with Gasteiger partial charge in [0.15, 0.2) is 16.6 Å². The van der Waals surface area contributed by atoms with E-state index >= 15 is 0 Å². The number of benzene rings is 1. The van der Waals surface area contributed by atoms with Crippen molar-refractivity contribution >= 4 is 54.1 Å². The monoisotopic (exact) mass is 386 g/mol. The zero-order chi connectivity index (χ0) is 17.8. The van der Waals surface area contributed by atoms with Crippen LogP contribution in [0.1, 0.15) is 15.4 Å². The summed E-state index contributed by atoms with van der Waals surface area (Å²) >= 11 is 2.84. The molecule has 4 aromatic rings. The summed E-state index contributed by atoms with van der Waals surface area (Å²) in [5.41, 5.74) is 1.70. The minimum absolute atomic E-state index is 0.165. The number of ether oxygens (including phenoxy) is 2. The molecule has 0 saturated heterocycles. The van der Waals surface area contributed by atoms with Gasteiger partial charge in [-0.2, -0.15) is 5.10 Å². The number of fused-ring (bicyclic) bond motifs is 3. The fraction of sp³-hybridized carbons (Fsp3) is 0.235. The van der Waals surface area contributed by atoms with Crippen LogP contribution < -0.4 is 14.8 Å². The molecular weight excluding hydrogens is 372 g/mol. The predicted molar refractivity (Wildman–Crippen MR) is 102 cm³/mol. The lowest BCUT2D eigenvalue weighted by Gasteiger charge is -2.17. The van der Waals surface area contributed by atoms with Gasteiger partial charge in [0.2, 0.25) is 0 Å². The molecule has 5 rings (SSSR count). The first-order chi connectivity index (χ1) is 12.6. The summed E-state index contributed by atoms with van der Waals surface area (Å²) in [6, 6.07) is 5.64. The van der Waals surface area contributed by atoms with Gasteiger partial charge in [0, 0.05) is 24.6 Å². The Morgan fingerprint density at radius 1 is 1.19 bits per heavy atom. The zero-order valence-electron chi connectivity index (χ0n) is 14.0. The average Bonchev–Trinajstić information content (AvgIpc) is 3.28. The first kappa shape index (κ1) is 15.6. The summed E-state index contributed by atoms with van der Waals surface area (Å²) in [5.74, 6) is 1.25. The first-order valence-corrected chi connectivity index (χ1v) is 9.66. The van der Waals surface area contributed by atoms with Crippen LogP contribution in [0, 0.1) is 6.92 Å². The first-order valence-electron chi connectivity index (χ1n) is 8.03. The van der Waals surface area contributed by atoms with Crippen LogP contribution in [0.15, 0.2) is 18.2 Å². The molecule has 1 amide bonds. The predicted octanol–water partition coefficient (Wildman–Crippen LogP) is 3.58. The molecule has 0 saturated carbocycles. The fourth-order valence-electron chi connectivity index (χ4n) is 2.99. The normalized spacial score (nSPS) is 13.5. The van der Waals surface area contributed by atoms with Gasteiger partial charge < -0.3 is 9.47 Å². The fourth-order valence-corrected chi connectivity index (χ4v) is 4.88. The van der Waals surface area contributed by atoms with Gasteiger partial charge in [-0.3, -0.25) is 14.8 Å². The van der Waals surface area contributed by atoms with Gasteiger partial charge in [0.25, 0.3) is 5.91 Å². The van der Waals surface area contributed by atoms with Crippen molar-refractivity contribution in [2.24, 2.45) is 7.05 Å². The number of amides is 1. The highest BCUT2D eigenvalue weighted by Gasteiger charge is 2.18. The summed E-state index contributed by atoms with van der Waals surface area (Å²) in [5, 5.41) is 8.82. The Morgan fingerprint density at radius 3 is 2.73 bits per heavy atom. The molecule has 1 aliphatic rings. The van der Waals surface area contributed by atoms with Crippen molar-refractivity contribution in [3.8, 4) is 11.5 Å².